The van der Waals surface area contributed by atoms with Gasteiger partial charge in [0.05, 0.1) is 10.0 Å². The fourth-order valence-corrected chi connectivity index (χ4v) is 3.00. The lowest BCUT2D eigenvalue weighted by molar-refractivity contribution is 0.810. The molecule has 2 rings (SSSR count). The van der Waals surface area contributed by atoms with E-state index in [4.69, 9.17) is 34.8 Å². The van der Waals surface area contributed by atoms with Gasteiger partial charge in [0.25, 0.3) is 0 Å². The van der Waals surface area contributed by atoms with Crippen LogP contribution in [0, 0.1) is 0 Å². The van der Waals surface area contributed by atoms with Crippen molar-refractivity contribution in [1.82, 2.24) is 9.97 Å². The van der Waals surface area contributed by atoms with Crippen molar-refractivity contribution in [3.63, 3.8) is 0 Å². The van der Waals surface area contributed by atoms with Gasteiger partial charge in [-0.1, -0.05) is 53.5 Å². The quantitative estimate of drug-likeness (QED) is 0.687. The maximum Gasteiger partial charge on any atom is 0.133 e. The molecular weight excluding hydrogens is 323 g/mol. The number of hydrogen-bond acceptors (Lipinski definition) is 3. The van der Waals surface area contributed by atoms with Crippen LogP contribution in [0.3, 0.4) is 0 Å². The van der Waals surface area contributed by atoms with Crippen LogP contribution in [0.25, 0.3) is 0 Å². The number of hydrogen-bond donors (Lipinski definition) is 0. The van der Waals surface area contributed by atoms with Crippen molar-refractivity contribution in [2.75, 3.05) is 0 Å². The van der Waals surface area contributed by atoms with Gasteiger partial charge in [-0.05, 0) is 24.6 Å². The van der Waals surface area contributed by atoms with Crippen LogP contribution in [0.1, 0.15) is 19.2 Å². The SMILES string of the molecule is CCCc1nc(Cl)cc(Sc2ccc(Cl)c(Cl)c2)n1. The third kappa shape index (κ3) is 4.25. The van der Waals surface area contributed by atoms with E-state index in [0.717, 1.165) is 28.6 Å². The van der Waals surface area contributed by atoms with Crippen LogP contribution in [-0.4, -0.2) is 9.97 Å². The Kier molecular flexibility index (Phi) is 5.34. The van der Waals surface area contributed by atoms with E-state index in [-0.39, 0.29) is 0 Å². The average Bonchev–Trinajstić information content (AvgIpc) is 2.33. The van der Waals surface area contributed by atoms with Gasteiger partial charge in [0.15, 0.2) is 0 Å². The molecule has 0 aliphatic rings. The Morgan fingerprint density at radius 2 is 1.84 bits per heavy atom. The molecule has 0 radical (unpaired) electrons. The van der Waals surface area contributed by atoms with Gasteiger partial charge in [-0.15, -0.1) is 0 Å². The number of halogens is 3. The molecule has 0 N–H and O–H groups in total. The molecule has 0 saturated heterocycles. The molecule has 0 amide bonds. The molecule has 19 heavy (non-hydrogen) atoms. The zero-order valence-electron chi connectivity index (χ0n) is 10.2. The van der Waals surface area contributed by atoms with Crippen molar-refractivity contribution in [1.29, 1.82) is 0 Å². The summed E-state index contributed by atoms with van der Waals surface area (Å²) in [6.07, 6.45) is 1.80. The molecule has 1 heterocycles. The standard InChI is InChI=1S/C13H11Cl3N2S/c1-2-3-12-17-11(16)7-13(18-12)19-8-4-5-9(14)10(15)6-8/h4-7H,2-3H2,1H3. The van der Waals surface area contributed by atoms with Crippen LogP contribution in [0.2, 0.25) is 15.2 Å². The highest BCUT2D eigenvalue weighted by Gasteiger charge is 2.06. The van der Waals surface area contributed by atoms with Crippen molar-refractivity contribution in [2.24, 2.45) is 0 Å². The minimum atomic E-state index is 0.459. The van der Waals surface area contributed by atoms with Crippen LogP contribution in [0.4, 0.5) is 0 Å². The van der Waals surface area contributed by atoms with Gasteiger partial charge in [0.1, 0.15) is 16.0 Å². The van der Waals surface area contributed by atoms with E-state index < -0.39 is 0 Å². The lowest BCUT2D eigenvalue weighted by Gasteiger charge is -2.05. The highest BCUT2D eigenvalue weighted by molar-refractivity contribution is 7.99. The predicted molar refractivity (Wildman–Crippen MR) is 81.6 cm³/mol. The summed E-state index contributed by atoms with van der Waals surface area (Å²) < 4.78 is 0. The van der Waals surface area contributed by atoms with Gasteiger partial charge in [0.2, 0.25) is 0 Å². The summed E-state index contributed by atoms with van der Waals surface area (Å²) in [5.41, 5.74) is 0. The fourth-order valence-electron chi connectivity index (χ4n) is 1.49. The second kappa shape index (κ2) is 6.80. The maximum atomic E-state index is 6.00. The third-order valence-corrected chi connectivity index (χ3v) is 4.15. The second-order valence-corrected chi connectivity index (χ2v) is 6.17. The first-order valence-corrected chi connectivity index (χ1v) is 7.70. The maximum absolute atomic E-state index is 6.00. The van der Waals surface area contributed by atoms with E-state index in [0.29, 0.717) is 15.2 Å². The number of rotatable bonds is 4. The first-order chi connectivity index (χ1) is 9.08. The summed E-state index contributed by atoms with van der Waals surface area (Å²) in [5.74, 6) is 0.762. The summed E-state index contributed by atoms with van der Waals surface area (Å²) in [5, 5.41) is 2.34. The van der Waals surface area contributed by atoms with Gasteiger partial charge >= 0.3 is 0 Å². The number of aromatic nitrogens is 2. The van der Waals surface area contributed by atoms with Crippen LogP contribution in [0.5, 0.6) is 0 Å². The monoisotopic (exact) mass is 332 g/mol. The molecule has 0 unspecified atom stereocenters. The fraction of sp³-hybridized carbons (Fsp3) is 0.231. The van der Waals surface area contributed by atoms with Crippen molar-refractivity contribution in [3.8, 4) is 0 Å². The van der Waals surface area contributed by atoms with Crippen molar-refractivity contribution < 1.29 is 0 Å². The Morgan fingerprint density at radius 3 is 2.53 bits per heavy atom. The second-order valence-electron chi connectivity index (χ2n) is 3.87. The average molecular weight is 334 g/mol. The van der Waals surface area contributed by atoms with Gasteiger partial charge in [-0.3, -0.25) is 0 Å². The van der Waals surface area contributed by atoms with Gasteiger partial charge in [-0.2, -0.15) is 0 Å². The lowest BCUT2D eigenvalue weighted by Crippen LogP contribution is -1.96. The summed E-state index contributed by atoms with van der Waals surface area (Å²) in [4.78, 5) is 9.62. The van der Waals surface area contributed by atoms with Crippen molar-refractivity contribution in [3.05, 3.63) is 45.3 Å². The minimum Gasteiger partial charge on any atom is -0.226 e. The molecule has 6 heteroatoms. The van der Waals surface area contributed by atoms with Crippen LogP contribution < -0.4 is 0 Å². The molecule has 1 aromatic carbocycles. The Balaban J connectivity index is 2.24. The summed E-state index contributed by atoms with van der Waals surface area (Å²) >= 11 is 19.4. The molecule has 100 valence electrons. The van der Waals surface area contributed by atoms with E-state index in [1.165, 1.54) is 11.8 Å². The van der Waals surface area contributed by atoms with E-state index in [2.05, 4.69) is 16.9 Å². The predicted octanol–water partition coefficient (Wildman–Crippen LogP) is 5.54. The molecule has 0 saturated carbocycles. The smallest absolute Gasteiger partial charge is 0.133 e. The molecule has 2 aromatic rings. The number of aryl methyl sites for hydroxylation is 1. The Morgan fingerprint density at radius 1 is 1.05 bits per heavy atom. The summed E-state index contributed by atoms with van der Waals surface area (Å²) in [6, 6.07) is 7.22. The van der Waals surface area contributed by atoms with Gasteiger partial charge in [-0.25, -0.2) is 9.97 Å². The molecule has 0 aliphatic heterocycles. The Bertz CT molecular complexity index is 590. The first-order valence-electron chi connectivity index (χ1n) is 5.75. The largest absolute Gasteiger partial charge is 0.226 e. The molecule has 0 fully saturated rings. The number of nitrogens with zero attached hydrogens (tertiary/aromatic N) is 2. The van der Waals surface area contributed by atoms with Crippen LogP contribution in [0.15, 0.2) is 34.2 Å². The summed E-state index contributed by atoms with van der Waals surface area (Å²) in [7, 11) is 0. The highest BCUT2D eigenvalue weighted by atomic mass is 35.5. The molecule has 0 bridgehead atoms. The zero-order valence-corrected chi connectivity index (χ0v) is 13.2. The van der Waals surface area contributed by atoms with Gasteiger partial charge in [0, 0.05) is 17.4 Å². The van der Waals surface area contributed by atoms with Crippen molar-refractivity contribution >= 4 is 46.6 Å². The van der Waals surface area contributed by atoms with Gasteiger partial charge < -0.3 is 0 Å². The number of benzene rings is 1. The minimum absolute atomic E-state index is 0.459. The third-order valence-electron chi connectivity index (χ3n) is 2.30. The molecular formula is C13H11Cl3N2S. The zero-order chi connectivity index (χ0) is 13.8. The lowest BCUT2D eigenvalue weighted by atomic mass is 10.3. The van der Waals surface area contributed by atoms with E-state index in [9.17, 15) is 0 Å². The van der Waals surface area contributed by atoms with E-state index in [1.54, 1.807) is 12.1 Å². The molecule has 0 atom stereocenters. The molecule has 0 spiro atoms. The molecule has 1 aromatic heterocycles. The first kappa shape index (κ1) is 14.9. The topological polar surface area (TPSA) is 25.8 Å². The highest BCUT2D eigenvalue weighted by Crippen LogP contribution is 2.32. The van der Waals surface area contributed by atoms with Crippen LogP contribution >= 0.6 is 46.6 Å². The van der Waals surface area contributed by atoms with E-state index >= 15 is 0 Å². The van der Waals surface area contributed by atoms with Crippen LogP contribution in [-0.2, 0) is 6.42 Å². The molecule has 2 nitrogen and oxygen atoms in total. The Hall–Kier alpha value is -0.480. The summed E-state index contributed by atoms with van der Waals surface area (Å²) in [6.45, 7) is 2.08. The molecule has 0 aliphatic carbocycles. The normalized spacial score (nSPS) is 10.7. The Labute approximate surface area is 131 Å². The van der Waals surface area contributed by atoms with E-state index in [1.807, 2.05) is 12.1 Å². The van der Waals surface area contributed by atoms with Crippen molar-refractivity contribution in [2.45, 2.75) is 29.7 Å².